The molecule has 2 rings (SSSR count). The van der Waals surface area contributed by atoms with Gasteiger partial charge >= 0.3 is 6.03 Å². The SMILES string of the molecule is O=Cc1cc([N+](=O)[O-])ccc1OCC(=O)NC(=O)NCc1cccs1. The minimum atomic E-state index is -0.723. The number of hydrogen-bond donors (Lipinski definition) is 2. The number of carbonyl (C=O) groups excluding carboxylic acids is 3. The van der Waals surface area contributed by atoms with Crippen LogP contribution in [0.4, 0.5) is 10.5 Å². The zero-order chi connectivity index (χ0) is 18.2. The van der Waals surface area contributed by atoms with Gasteiger partial charge in [-0.2, -0.15) is 0 Å². The first kappa shape index (κ1) is 18.1. The Bertz CT molecular complexity index is 791. The van der Waals surface area contributed by atoms with Crippen molar-refractivity contribution in [2.45, 2.75) is 6.54 Å². The van der Waals surface area contributed by atoms with E-state index in [1.165, 1.54) is 17.4 Å². The van der Waals surface area contributed by atoms with Crippen LogP contribution in [0.3, 0.4) is 0 Å². The fourth-order valence-electron chi connectivity index (χ4n) is 1.80. The van der Waals surface area contributed by atoms with E-state index in [9.17, 15) is 24.5 Å². The number of thiophene rings is 1. The highest BCUT2D eigenvalue weighted by atomic mass is 32.1. The van der Waals surface area contributed by atoms with E-state index < -0.39 is 23.5 Å². The van der Waals surface area contributed by atoms with E-state index in [0.717, 1.165) is 17.0 Å². The van der Waals surface area contributed by atoms with Crippen LogP contribution in [0.15, 0.2) is 35.7 Å². The molecule has 2 N–H and O–H groups in total. The molecule has 0 saturated heterocycles. The molecule has 25 heavy (non-hydrogen) atoms. The molecule has 130 valence electrons. The Hall–Kier alpha value is -3.27. The number of ether oxygens (including phenoxy) is 1. The molecule has 0 aliphatic carbocycles. The van der Waals surface area contributed by atoms with Crippen LogP contribution in [0.1, 0.15) is 15.2 Å². The number of rotatable bonds is 7. The average molecular weight is 363 g/mol. The van der Waals surface area contributed by atoms with Crippen molar-refractivity contribution in [1.29, 1.82) is 0 Å². The first-order chi connectivity index (χ1) is 12.0. The Kier molecular flexibility index (Phi) is 6.18. The highest BCUT2D eigenvalue weighted by molar-refractivity contribution is 7.09. The maximum absolute atomic E-state index is 11.7. The van der Waals surface area contributed by atoms with Crippen LogP contribution in [-0.2, 0) is 11.3 Å². The van der Waals surface area contributed by atoms with Gasteiger partial charge < -0.3 is 10.1 Å². The molecule has 0 aliphatic rings. The predicted octanol–water partition coefficient (Wildman–Crippen LogP) is 1.87. The summed E-state index contributed by atoms with van der Waals surface area (Å²) in [4.78, 5) is 45.1. The largest absolute Gasteiger partial charge is 0.483 e. The lowest BCUT2D eigenvalue weighted by Crippen LogP contribution is -2.41. The molecule has 0 spiro atoms. The summed E-state index contributed by atoms with van der Waals surface area (Å²) in [5, 5.41) is 17.1. The van der Waals surface area contributed by atoms with Crippen molar-refractivity contribution in [2.24, 2.45) is 0 Å². The van der Waals surface area contributed by atoms with Gasteiger partial charge in [0.05, 0.1) is 17.0 Å². The topological polar surface area (TPSA) is 128 Å². The number of hydrogen-bond acceptors (Lipinski definition) is 7. The number of non-ortho nitro benzene ring substituents is 1. The summed E-state index contributed by atoms with van der Waals surface area (Å²) < 4.78 is 5.13. The standard InChI is InChI=1S/C15H13N3O6S/c19-8-10-6-11(18(22)23)3-4-13(10)24-9-14(20)17-15(21)16-7-12-2-1-5-25-12/h1-6,8H,7,9H2,(H2,16,17,20,21). The highest BCUT2D eigenvalue weighted by Gasteiger charge is 2.13. The van der Waals surface area contributed by atoms with Crippen LogP contribution in [0.2, 0.25) is 0 Å². The van der Waals surface area contributed by atoms with Crippen LogP contribution < -0.4 is 15.4 Å². The Morgan fingerprint density at radius 3 is 2.76 bits per heavy atom. The third kappa shape index (κ3) is 5.39. The minimum absolute atomic E-state index is 0.00902. The van der Waals surface area contributed by atoms with Crippen molar-refractivity contribution in [3.05, 3.63) is 56.3 Å². The second kappa shape index (κ2) is 8.55. The van der Waals surface area contributed by atoms with Crippen molar-refractivity contribution in [3.63, 3.8) is 0 Å². The second-order valence-corrected chi connectivity index (χ2v) is 5.73. The molecule has 0 radical (unpaired) electrons. The normalized spacial score (nSPS) is 9.92. The van der Waals surface area contributed by atoms with Gasteiger partial charge in [-0.25, -0.2) is 4.79 Å². The quantitative estimate of drug-likeness (QED) is 0.439. The van der Waals surface area contributed by atoms with E-state index in [-0.39, 0.29) is 23.5 Å². The van der Waals surface area contributed by atoms with Crippen LogP contribution in [0.25, 0.3) is 0 Å². The van der Waals surface area contributed by atoms with Gasteiger partial charge in [0.15, 0.2) is 12.9 Å². The molecule has 9 nitrogen and oxygen atoms in total. The molecule has 10 heteroatoms. The summed E-state index contributed by atoms with van der Waals surface area (Å²) in [5.41, 5.74) is -0.337. The van der Waals surface area contributed by atoms with Gasteiger partial charge in [-0.15, -0.1) is 11.3 Å². The minimum Gasteiger partial charge on any atom is -0.483 e. The lowest BCUT2D eigenvalue weighted by atomic mass is 10.2. The Balaban J connectivity index is 1.84. The fourth-order valence-corrected chi connectivity index (χ4v) is 2.45. The zero-order valence-electron chi connectivity index (χ0n) is 12.8. The molecule has 0 bridgehead atoms. The van der Waals surface area contributed by atoms with Crippen LogP contribution in [0.5, 0.6) is 5.75 Å². The maximum Gasteiger partial charge on any atom is 0.321 e. The van der Waals surface area contributed by atoms with Gasteiger partial charge in [0, 0.05) is 17.0 Å². The fraction of sp³-hybridized carbons (Fsp3) is 0.133. The summed E-state index contributed by atoms with van der Waals surface area (Å²) in [6.45, 7) is -0.236. The van der Waals surface area contributed by atoms with Crippen molar-refractivity contribution in [3.8, 4) is 5.75 Å². The molecule has 0 aliphatic heterocycles. The van der Waals surface area contributed by atoms with E-state index in [0.29, 0.717) is 6.29 Å². The molecule has 1 aromatic carbocycles. The van der Waals surface area contributed by atoms with Gasteiger partial charge in [0.2, 0.25) is 0 Å². The molecule has 3 amide bonds. The van der Waals surface area contributed by atoms with Crippen molar-refractivity contribution in [2.75, 3.05) is 6.61 Å². The predicted molar refractivity (Wildman–Crippen MR) is 88.7 cm³/mol. The Labute approximate surface area is 145 Å². The number of nitrogens with one attached hydrogen (secondary N) is 2. The van der Waals surface area contributed by atoms with Gasteiger partial charge in [-0.05, 0) is 17.5 Å². The average Bonchev–Trinajstić information content (AvgIpc) is 3.11. The Morgan fingerprint density at radius 2 is 2.12 bits per heavy atom. The third-order valence-electron chi connectivity index (χ3n) is 2.95. The summed E-state index contributed by atoms with van der Waals surface area (Å²) in [6, 6.07) is 6.40. The number of nitro benzene ring substituents is 1. The number of carbonyl (C=O) groups is 3. The molecule has 2 aromatic rings. The number of imide groups is 1. The van der Waals surface area contributed by atoms with E-state index >= 15 is 0 Å². The molecule has 1 heterocycles. The van der Waals surface area contributed by atoms with E-state index in [1.807, 2.05) is 17.5 Å². The van der Waals surface area contributed by atoms with E-state index in [2.05, 4.69) is 10.6 Å². The van der Waals surface area contributed by atoms with Crippen LogP contribution in [-0.4, -0.2) is 29.8 Å². The number of urea groups is 1. The molecular formula is C15H13N3O6S. The molecule has 0 atom stereocenters. The lowest BCUT2D eigenvalue weighted by Gasteiger charge is -2.09. The molecule has 0 unspecified atom stereocenters. The first-order valence-corrected chi connectivity index (χ1v) is 7.84. The monoisotopic (exact) mass is 363 g/mol. The maximum atomic E-state index is 11.7. The van der Waals surface area contributed by atoms with E-state index in [4.69, 9.17) is 4.74 Å². The van der Waals surface area contributed by atoms with Gasteiger partial charge in [0.25, 0.3) is 11.6 Å². The number of benzene rings is 1. The van der Waals surface area contributed by atoms with Crippen LogP contribution >= 0.6 is 11.3 Å². The second-order valence-electron chi connectivity index (χ2n) is 4.70. The molecule has 0 fully saturated rings. The van der Waals surface area contributed by atoms with Gasteiger partial charge in [0.1, 0.15) is 5.75 Å². The van der Waals surface area contributed by atoms with E-state index in [1.54, 1.807) is 0 Å². The molecule has 1 aromatic heterocycles. The Morgan fingerprint density at radius 1 is 1.32 bits per heavy atom. The first-order valence-electron chi connectivity index (χ1n) is 6.96. The van der Waals surface area contributed by atoms with Crippen molar-refractivity contribution < 1.29 is 24.0 Å². The third-order valence-corrected chi connectivity index (χ3v) is 3.82. The summed E-state index contributed by atoms with van der Waals surface area (Å²) >= 11 is 1.47. The van der Waals surface area contributed by atoms with Crippen molar-refractivity contribution in [1.82, 2.24) is 10.6 Å². The highest BCUT2D eigenvalue weighted by Crippen LogP contribution is 2.22. The summed E-state index contributed by atoms with van der Waals surface area (Å²) in [7, 11) is 0. The smallest absolute Gasteiger partial charge is 0.321 e. The molecule has 0 saturated carbocycles. The number of amides is 3. The van der Waals surface area contributed by atoms with Crippen molar-refractivity contribution >= 4 is 35.2 Å². The molecular weight excluding hydrogens is 350 g/mol. The zero-order valence-corrected chi connectivity index (χ0v) is 13.6. The number of nitrogens with zero attached hydrogens (tertiary/aromatic N) is 1. The van der Waals surface area contributed by atoms with Crippen LogP contribution in [0, 0.1) is 10.1 Å². The summed E-state index contributed by atoms with van der Waals surface area (Å²) in [6.07, 6.45) is 0.383. The lowest BCUT2D eigenvalue weighted by molar-refractivity contribution is -0.384. The summed E-state index contributed by atoms with van der Waals surface area (Å²) in [5.74, 6) is -0.714. The number of nitro groups is 1. The van der Waals surface area contributed by atoms with Gasteiger partial charge in [-0.3, -0.25) is 25.0 Å². The van der Waals surface area contributed by atoms with Gasteiger partial charge in [-0.1, -0.05) is 6.07 Å². The number of aldehydes is 1.